The fraction of sp³-hybridized carbons (Fsp3) is 0.500. The molecular weight excluding hydrogens is 266 g/mol. The van der Waals surface area contributed by atoms with Crippen molar-refractivity contribution >= 4 is 17.5 Å². The summed E-state index contributed by atoms with van der Waals surface area (Å²) < 4.78 is 11.0. The molecule has 0 bridgehead atoms. The molecule has 0 saturated carbocycles. The summed E-state index contributed by atoms with van der Waals surface area (Å²) in [6, 6.07) is 5.75. The second kappa shape index (κ2) is 8.64. The van der Waals surface area contributed by atoms with Crippen molar-refractivity contribution in [2.45, 2.75) is 19.8 Å². The largest absolute Gasteiger partial charge is 0.493 e. The number of para-hydroxylation sites is 1. The molecule has 0 saturated heterocycles. The molecule has 5 heteroatoms. The molecular formula is C14H20ClNO3. The monoisotopic (exact) mass is 285 g/mol. The van der Waals surface area contributed by atoms with Gasteiger partial charge in [0, 0.05) is 6.54 Å². The second-order valence-corrected chi connectivity index (χ2v) is 4.30. The topological polar surface area (TPSA) is 47.6 Å². The summed E-state index contributed by atoms with van der Waals surface area (Å²) >= 11 is 5.42. The third-order valence-corrected chi connectivity index (χ3v) is 2.81. The van der Waals surface area contributed by atoms with E-state index in [1.54, 1.807) is 7.11 Å². The molecule has 0 heterocycles. The number of hydrogen-bond donors (Lipinski definition) is 1. The van der Waals surface area contributed by atoms with E-state index >= 15 is 0 Å². The van der Waals surface area contributed by atoms with E-state index in [-0.39, 0.29) is 11.8 Å². The van der Waals surface area contributed by atoms with E-state index in [1.165, 1.54) is 0 Å². The van der Waals surface area contributed by atoms with E-state index in [0.29, 0.717) is 19.6 Å². The Bertz CT molecular complexity index is 410. The predicted molar refractivity (Wildman–Crippen MR) is 76.2 cm³/mol. The van der Waals surface area contributed by atoms with Crippen molar-refractivity contribution in [1.29, 1.82) is 0 Å². The van der Waals surface area contributed by atoms with Gasteiger partial charge in [-0.15, -0.1) is 11.6 Å². The van der Waals surface area contributed by atoms with Crippen LogP contribution in [0, 0.1) is 0 Å². The minimum atomic E-state index is -0.166. The standard InChI is InChI=1S/C14H20ClNO3/c1-3-9-19-14-11(5-4-6-12(14)18-2)7-8-16-13(17)10-15/h4-6H,3,7-10H2,1-2H3,(H,16,17). The lowest BCUT2D eigenvalue weighted by molar-refractivity contribution is -0.118. The number of carbonyl (C=O) groups excluding carboxylic acids is 1. The molecule has 0 fully saturated rings. The number of carbonyl (C=O) groups is 1. The summed E-state index contributed by atoms with van der Waals surface area (Å²) in [7, 11) is 1.62. The Morgan fingerprint density at radius 3 is 2.84 bits per heavy atom. The number of methoxy groups -OCH3 is 1. The predicted octanol–water partition coefficient (Wildman–Crippen LogP) is 2.38. The first-order chi connectivity index (χ1) is 9.22. The number of alkyl halides is 1. The fourth-order valence-corrected chi connectivity index (χ4v) is 1.77. The number of halogens is 1. The third-order valence-electron chi connectivity index (χ3n) is 2.57. The Hall–Kier alpha value is -1.42. The minimum absolute atomic E-state index is 0.0166. The first-order valence-electron chi connectivity index (χ1n) is 6.34. The molecule has 4 nitrogen and oxygen atoms in total. The molecule has 1 rings (SSSR count). The number of ether oxygens (including phenoxy) is 2. The minimum Gasteiger partial charge on any atom is -0.493 e. The summed E-state index contributed by atoms with van der Waals surface area (Å²) in [6.45, 7) is 3.22. The summed E-state index contributed by atoms with van der Waals surface area (Å²) in [6.07, 6.45) is 1.61. The van der Waals surface area contributed by atoms with Gasteiger partial charge in [0.05, 0.1) is 13.7 Å². The Balaban J connectivity index is 2.72. The van der Waals surface area contributed by atoms with Crippen LogP contribution < -0.4 is 14.8 Å². The molecule has 0 aliphatic carbocycles. The highest BCUT2D eigenvalue weighted by Gasteiger charge is 2.10. The van der Waals surface area contributed by atoms with Crippen LogP contribution in [0.25, 0.3) is 0 Å². The quantitative estimate of drug-likeness (QED) is 0.746. The van der Waals surface area contributed by atoms with Gasteiger partial charge in [-0.3, -0.25) is 4.79 Å². The Kier molecular flexibility index (Phi) is 7.11. The van der Waals surface area contributed by atoms with Gasteiger partial charge in [0.15, 0.2) is 11.5 Å². The van der Waals surface area contributed by atoms with Crippen molar-refractivity contribution in [1.82, 2.24) is 5.32 Å². The maximum Gasteiger partial charge on any atom is 0.234 e. The summed E-state index contributed by atoms with van der Waals surface area (Å²) in [5.74, 6) is 1.29. The normalized spacial score (nSPS) is 10.1. The van der Waals surface area contributed by atoms with Gasteiger partial charge in [-0.05, 0) is 24.5 Å². The van der Waals surface area contributed by atoms with E-state index in [2.05, 4.69) is 12.2 Å². The zero-order valence-electron chi connectivity index (χ0n) is 11.4. The zero-order chi connectivity index (χ0) is 14.1. The Labute approximate surface area is 119 Å². The fourth-order valence-electron chi connectivity index (χ4n) is 1.67. The summed E-state index contributed by atoms with van der Waals surface area (Å²) in [5, 5.41) is 2.73. The van der Waals surface area contributed by atoms with Gasteiger partial charge in [0.1, 0.15) is 5.88 Å². The molecule has 1 amide bonds. The third kappa shape index (κ3) is 4.99. The first kappa shape index (κ1) is 15.6. The molecule has 0 aromatic heterocycles. The lowest BCUT2D eigenvalue weighted by Crippen LogP contribution is -2.26. The van der Waals surface area contributed by atoms with Gasteiger partial charge >= 0.3 is 0 Å². The van der Waals surface area contributed by atoms with E-state index < -0.39 is 0 Å². The van der Waals surface area contributed by atoms with Crippen LogP contribution >= 0.6 is 11.6 Å². The summed E-state index contributed by atoms with van der Waals surface area (Å²) in [4.78, 5) is 11.1. The van der Waals surface area contributed by atoms with Crippen LogP contribution in [0.15, 0.2) is 18.2 Å². The SMILES string of the molecule is CCCOc1c(CCNC(=O)CCl)cccc1OC. The van der Waals surface area contributed by atoms with E-state index in [4.69, 9.17) is 21.1 Å². The lowest BCUT2D eigenvalue weighted by atomic mass is 10.1. The molecule has 0 aliphatic heterocycles. The molecule has 1 aromatic rings. The summed E-state index contributed by atoms with van der Waals surface area (Å²) in [5.41, 5.74) is 1.02. The van der Waals surface area contributed by atoms with Crippen molar-refractivity contribution in [2.75, 3.05) is 26.1 Å². The van der Waals surface area contributed by atoms with Gasteiger partial charge < -0.3 is 14.8 Å². The van der Waals surface area contributed by atoms with Crippen LogP contribution in [0.2, 0.25) is 0 Å². The van der Waals surface area contributed by atoms with Gasteiger partial charge in [0.25, 0.3) is 0 Å². The molecule has 0 radical (unpaired) electrons. The van der Waals surface area contributed by atoms with Gasteiger partial charge in [0.2, 0.25) is 5.91 Å². The van der Waals surface area contributed by atoms with Crippen LogP contribution in [0.3, 0.4) is 0 Å². The Morgan fingerprint density at radius 1 is 1.42 bits per heavy atom. The molecule has 0 atom stereocenters. The molecule has 0 unspecified atom stereocenters. The van der Waals surface area contributed by atoms with Crippen molar-refractivity contribution in [3.63, 3.8) is 0 Å². The van der Waals surface area contributed by atoms with Crippen LogP contribution in [0.4, 0.5) is 0 Å². The number of hydrogen-bond acceptors (Lipinski definition) is 3. The highest BCUT2D eigenvalue weighted by Crippen LogP contribution is 2.31. The van der Waals surface area contributed by atoms with Crippen molar-refractivity contribution in [3.05, 3.63) is 23.8 Å². The average Bonchev–Trinajstić information content (AvgIpc) is 2.45. The number of nitrogens with one attached hydrogen (secondary N) is 1. The van der Waals surface area contributed by atoms with Gasteiger partial charge in [-0.1, -0.05) is 19.1 Å². The van der Waals surface area contributed by atoms with Crippen molar-refractivity contribution in [2.24, 2.45) is 0 Å². The van der Waals surface area contributed by atoms with Gasteiger partial charge in [-0.25, -0.2) is 0 Å². The maximum atomic E-state index is 11.1. The first-order valence-corrected chi connectivity index (χ1v) is 6.87. The molecule has 1 N–H and O–H groups in total. The molecule has 0 aliphatic rings. The average molecular weight is 286 g/mol. The number of rotatable bonds is 8. The van der Waals surface area contributed by atoms with Gasteiger partial charge in [-0.2, -0.15) is 0 Å². The van der Waals surface area contributed by atoms with E-state index in [1.807, 2.05) is 18.2 Å². The van der Waals surface area contributed by atoms with Crippen LogP contribution in [-0.4, -0.2) is 32.0 Å². The van der Waals surface area contributed by atoms with Crippen molar-refractivity contribution in [3.8, 4) is 11.5 Å². The second-order valence-electron chi connectivity index (χ2n) is 4.03. The molecule has 19 heavy (non-hydrogen) atoms. The van der Waals surface area contributed by atoms with Crippen LogP contribution in [0.1, 0.15) is 18.9 Å². The van der Waals surface area contributed by atoms with Crippen LogP contribution in [0.5, 0.6) is 11.5 Å². The van der Waals surface area contributed by atoms with Crippen molar-refractivity contribution < 1.29 is 14.3 Å². The number of benzene rings is 1. The highest BCUT2D eigenvalue weighted by atomic mass is 35.5. The van der Waals surface area contributed by atoms with Crippen LogP contribution in [-0.2, 0) is 11.2 Å². The molecule has 0 spiro atoms. The molecule has 1 aromatic carbocycles. The Morgan fingerprint density at radius 2 is 2.21 bits per heavy atom. The smallest absolute Gasteiger partial charge is 0.234 e. The van der Waals surface area contributed by atoms with E-state index in [9.17, 15) is 4.79 Å². The lowest BCUT2D eigenvalue weighted by Gasteiger charge is -2.14. The van der Waals surface area contributed by atoms with E-state index in [0.717, 1.165) is 23.5 Å². The highest BCUT2D eigenvalue weighted by molar-refractivity contribution is 6.27. The zero-order valence-corrected chi connectivity index (χ0v) is 12.1. The maximum absolute atomic E-state index is 11.1. The number of amides is 1. The molecule has 106 valence electrons.